The van der Waals surface area contributed by atoms with Gasteiger partial charge in [0.1, 0.15) is 11.5 Å². The van der Waals surface area contributed by atoms with E-state index in [4.69, 9.17) is 0 Å². The van der Waals surface area contributed by atoms with Crippen molar-refractivity contribution < 1.29 is 20.4 Å². The van der Waals surface area contributed by atoms with Crippen LogP contribution >= 0.6 is 0 Å². The second-order valence-corrected chi connectivity index (χ2v) is 10.0. The maximum absolute atomic E-state index is 10.4. The summed E-state index contributed by atoms with van der Waals surface area (Å²) in [6, 6.07) is 18.0. The lowest BCUT2D eigenvalue weighted by Crippen LogP contribution is -2.19. The van der Waals surface area contributed by atoms with Gasteiger partial charge in [0, 0.05) is 5.56 Å². The average Bonchev–Trinajstić information content (AvgIpc) is 2.91. The number of hydrogen-bond acceptors (Lipinski definition) is 6. The third-order valence-electron chi connectivity index (χ3n) is 6.99. The summed E-state index contributed by atoms with van der Waals surface area (Å²) in [5, 5.41) is 46.5. The van der Waals surface area contributed by atoms with Crippen molar-refractivity contribution >= 4 is 0 Å². The number of nitrogens with one attached hydrogen (secondary N) is 2. The lowest BCUT2D eigenvalue weighted by atomic mass is 9.96. The molecule has 3 rings (SSSR count). The van der Waals surface area contributed by atoms with Crippen molar-refractivity contribution in [3.63, 3.8) is 0 Å². The molecule has 0 bridgehead atoms. The Hall–Kier alpha value is -3.22. The van der Waals surface area contributed by atoms with E-state index in [1.807, 2.05) is 30.3 Å². The first-order valence-electron chi connectivity index (χ1n) is 14.0. The molecule has 6 N–H and O–H groups in total. The Morgan fingerprint density at radius 2 is 1.16 bits per heavy atom. The maximum Gasteiger partial charge on any atom is 0.160 e. The van der Waals surface area contributed by atoms with Crippen LogP contribution in [0, 0.1) is 0 Å². The van der Waals surface area contributed by atoms with Crippen LogP contribution in [-0.4, -0.2) is 46.6 Å². The highest BCUT2D eigenvalue weighted by Crippen LogP contribution is 2.32. The van der Waals surface area contributed by atoms with E-state index in [2.05, 4.69) is 10.6 Å². The van der Waals surface area contributed by atoms with Gasteiger partial charge >= 0.3 is 0 Å². The molecule has 0 saturated heterocycles. The van der Waals surface area contributed by atoms with Crippen LogP contribution in [0.15, 0.2) is 60.7 Å². The summed E-state index contributed by atoms with van der Waals surface area (Å²) in [6.07, 6.45) is 10.5. The molecule has 0 spiro atoms. The Morgan fingerprint density at radius 3 is 1.84 bits per heavy atom. The molecule has 3 aromatic carbocycles. The minimum atomic E-state index is -0.0857. The SMILES string of the molecule is Oc1ccc(CCNCCCCCCCCNCCc2ccc(O)c(O)c2CCc2cccc(O)c2)cc1. The molecular formula is C32H44N2O4. The summed E-state index contributed by atoms with van der Waals surface area (Å²) in [4.78, 5) is 0. The molecule has 0 aliphatic rings. The van der Waals surface area contributed by atoms with E-state index >= 15 is 0 Å². The van der Waals surface area contributed by atoms with E-state index in [1.54, 1.807) is 30.3 Å². The Labute approximate surface area is 227 Å². The summed E-state index contributed by atoms with van der Waals surface area (Å²) in [5.41, 5.74) is 4.07. The standard InChI is InChI=1S/C32H44N2O4/c35-28-14-10-25(11-15-28)18-22-33-20-5-3-1-2-4-6-21-34-23-19-27-13-17-31(37)32(38)30(27)16-12-26-8-7-9-29(36)24-26/h7-11,13-15,17,24,33-38H,1-6,12,16,18-23H2. The van der Waals surface area contributed by atoms with Gasteiger partial charge in [-0.2, -0.15) is 0 Å². The molecular weight excluding hydrogens is 476 g/mol. The van der Waals surface area contributed by atoms with Crippen LogP contribution in [0.4, 0.5) is 0 Å². The van der Waals surface area contributed by atoms with Crippen LogP contribution < -0.4 is 10.6 Å². The van der Waals surface area contributed by atoms with Gasteiger partial charge in [0.05, 0.1) is 0 Å². The number of aromatic hydroxyl groups is 4. The minimum absolute atomic E-state index is 0.0322. The first-order chi connectivity index (χ1) is 18.5. The first kappa shape index (κ1) is 29.3. The van der Waals surface area contributed by atoms with Crippen molar-refractivity contribution in [2.24, 2.45) is 0 Å². The van der Waals surface area contributed by atoms with Crippen LogP contribution in [-0.2, 0) is 25.7 Å². The summed E-state index contributed by atoms with van der Waals surface area (Å²) < 4.78 is 0. The Bertz CT molecular complexity index is 1090. The number of hydrogen-bond donors (Lipinski definition) is 6. The predicted octanol–water partition coefficient (Wildman–Crippen LogP) is 5.60. The van der Waals surface area contributed by atoms with Gasteiger partial charge in [-0.05, 0) is 112 Å². The molecule has 6 heteroatoms. The van der Waals surface area contributed by atoms with Crippen molar-refractivity contribution in [1.82, 2.24) is 10.6 Å². The predicted molar refractivity (Wildman–Crippen MR) is 154 cm³/mol. The molecule has 38 heavy (non-hydrogen) atoms. The zero-order chi connectivity index (χ0) is 27.0. The summed E-state index contributed by atoms with van der Waals surface area (Å²) in [5.74, 6) is 0.440. The van der Waals surface area contributed by atoms with Crippen molar-refractivity contribution in [2.45, 2.75) is 64.2 Å². The van der Waals surface area contributed by atoms with Crippen LogP contribution in [0.5, 0.6) is 23.0 Å². The molecule has 0 aromatic heterocycles. The second kappa shape index (κ2) is 16.6. The number of benzene rings is 3. The molecule has 0 aliphatic carbocycles. The van der Waals surface area contributed by atoms with E-state index in [9.17, 15) is 20.4 Å². The molecule has 0 radical (unpaired) electrons. The molecule has 0 saturated carbocycles. The lowest BCUT2D eigenvalue weighted by Gasteiger charge is -2.14. The van der Waals surface area contributed by atoms with Gasteiger partial charge < -0.3 is 31.1 Å². The molecule has 0 unspecified atom stereocenters. The fraction of sp³-hybridized carbons (Fsp3) is 0.438. The van der Waals surface area contributed by atoms with Gasteiger partial charge in [-0.1, -0.05) is 56.0 Å². The van der Waals surface area contributed by atoms with Crippen LogP contribution in [0.2, 0.25) is 0 Å². The van der Waals surface area contributed by atoms with E-state index in [0.717, 1.165) is 62.1 Å². The number of phenolic OH excluding ortho intramolecular Hbond substituents is 4. The largest absolute Gasteiger partial charge is 0.508 e. The average molecular weight is 521 g/mol. The molecule has 0 atom stereocenters. The number of unbranched alkanes of at least 4 members (excludes halogenated alkanes) is 5. The van der Waals surface area contributed by atoms with Crippen LogP contribution in [0.1, 0.15) is 60.8 Å². The van der Waals surface area contributed by atoms with Gasteiger partial charge in [-0.25, -0.2) is 0 Å². The first-order valence-corrected chi connectivity index (χ1v) is 14.0. The highest BCUT2D eigenvalue weighted by Gasteiger charge is 2.12. The molecule has 6 nitrogen and oxygen atoms in total. The zero-order valence-corrected chi connectivity index (χ0v) is 22.5. The van der Waals surface area contributed by atoms with Gasteiger partial charge in [-0.15, -0.1) is 0 Å². The summed E-state index contributed by atoms with van der Waals surface area (Å²) >= 11 is 0. The van der Waals surface area contributed by atoms with Gasteiger partial charge in [-0.3, -0.25) is 0 Å². The lowest BCUT2D eigenvalue weighted by molar-refractivity contribution is 0.398. The molecule has 0 heterocycles. The van der Waals surface area contributed by atoms with E-state index < -0.39 is 0 Å². The quantitative estimate of drug-likeness (QED) is 0.0964. The smallest absolute Gasteiger partial charge is 0.160 e. The summed E-state index contributed by atoms with van der Waals surface area (Å²) in [6.45, 7) is 3.85. The molecule has 3 aromatic rings. The second-order valence-electron chi connectivity index (χ2n) is 10.0. The topological polar surface area (TPSA) is 105 Å². The fourth-order valence-electron chi connectivity index (χ4n) is 4.74. The normalized spacial score (nSPS) is 11.2. The summed E-state index contributed by atoms with van der Waals surface area (Å²) in [7, 11) is 0. The maximum atomic E-state index is 10.4. The third-order valence-corrected chi connectivity index (χ3v) is 6.99. The fourth-order valence-corrected chi connectivity index (χ4v) is 4.74. The van der Waals surface area contributed by atoms with Gasteiger partial charge in [0.2, 0.25) is 0 Å². The highest BCUT2D eigenvalue weighted by molar-refractivity contribution is 5.49. The Balaban J connectivity index is 1.21. The number of rotatable bonds is 18. The van der Waals surface area contributed by atoms with Crippen LogP contribution in [0.3, 0.4) is 0 Å². The van der Waals surface area contributed by atoms with Crippen molar-refractivity contribution in [3.05, 3.63) is 82.9 Å². The minimum Gasteiger partial charge on any atom is -0.508 e. The van der Waals surface area contributed by atoms with Crippen molar-refractivity contribution in [1.29, 1.82) is 0 Å². The van der Waals surface area contributed by atoms with E-state index in [-0.39, 0.29) is 17.2 Å². The van der Waals surface area contributed by atoms with E-state index in [1.165, 1.54) is 37.7 Å². The molecule has 206 valence electrons. The molecule has 0 amide bonds. The van der Waals surface area contributed by atoms with Crippen molar-refractivity contribution in [2.75, 3.05) is 26.2 Å². The zero-order valence-electron chi connectivity index (χ0n) is 22.5. The van der Waals surface area contributed by atoms with E-state index in [0.29, 0.717) is 18.6 Å². The molecule has 0 aliphatic heterocycles. The highest BCUT2D eigenvalue weighted by atomic mass is 16.3. The Kier molecular flexibility index (Phi) is 12.8. The van der Waals surface area contributed by atoms with Crippen molar-refractivity contribution in [3.8, 4) is 23.0 Å². The number of aryl methyl sites for hydroxylation is 1. The third kappa shape index (κ3) is 10.6. The van der Waals surface area contributed by atoms with Gasteiger partial charge in [0.25, 0.3) is 0 Å². The van der Waals surface area contributed by atoms with Crippen LogP contribution in [0.25, 0.3) is 0 Å². The monoisotopic (exact) mass is 520 g/mol. The molecule has 0 fully saturated rings. The Morgan fingerprint density at radius 1 is 0.500 bits per heavy atom. The van der Waals surface area contributed by atoms with Gasteiger partial charge in [0.15, 0.2) is 11.5 Å². The number of phenols is 4.